The van der Waals surface area contributed by atoms with Gasteiger partial charge in [-0.15, -0.1) is 5.10 Å². The van der Waals surface area contributed by atoms with Crippen LogP contribution in [0.4, 0.5) is 0 Å². The van der Waals surface area contributed by atoms with E-state index in [9.17, 15) is 4.79 Å². The van der Waals surface area contributed by atoms with Crippen molar-refractivity contribution in [1.29, 1.82) is 0 Å². The highest BCUT2D eigenvalue weighted by Crippen LogP contribution is 2.24. The third-order valence-corrected chi connectivity index (χ3v) is 4.44. The molecule has 0 radical (unpaired) electrons. The summed E-state index contributed by atoms with van der Waals surface area (Å²) in [5.41, 5.74) is 0.780. The van der Waals surface area contributed by atoms with E-state index in [0.29, 0.717) is 26.3 Å². The summed E-state index contributed by atoms with van der Waals surface area (Å²) in [5.74, 6) is 0.917. The molecule has 2 saturated heterocycles. The summed E-state index contributed by atoms with van der Waals surface area (Å²) in [5, 5.41) is 8.30. The number of nitrogens with zero attached hydrogens (tertiary/aromatic N) is 4. The predicted octanol–water partition coefficient (Wildman–Crippen LogP) is 1.42. The number of likely N-dealkylation sites (tertiary alicyclic amines) is 1. The lowest BCUT2D eigenvalue weighted by Crippen LogP contribution is -2.53. The van der Waals surface area contributed by atoms with Gasteiger partial charge in [0.25, 0.3) is 5.91 Å². The number of hydrogen-bond acceptors (Lipinski definition) is 5. The quantitative estimate of drug-likeness (QED) is 0.830. The molecule has 3 heterocycles. The highest BCUT2D eigenvalue weighted by molar-refractivity contribution is 5.82. The van der Waals surface area contributed by atoms with Crippen molar-refractivity contribution in [2.24, 2.45) is 0 Å². The van der Waals surface area contributed by atoms with E-state index in [1.807, 2.05) is 46.1 Å². The highest BCUT2D eigenvalue weighted by atomic mass is 16.5. The van der Waals surface area contributed by atoms with Gasteiger partial charge in [-0.3, -0.25) is 4.79 Å². The van der Waals surface area contributed by atoms with E-state index in [-0.39, 0.29) is 18.1 Å². The molecule has 0 saturated carbocycles. The summed E-state index contributed by atoms with van der Waals surface area (Å²) >= 11 is 0. The molecule has 24 heavy (non-hydrogen) atoms. The van der Waals surface area contributed by atoms with Gasteiger partial charge in [-0.2, -0.15) is 0 Å². The van der Waals surface area contributed by atoms with Crippen LogP contribution >= 0.6 is 0 Å². The lowest BCUT2D eigenvalue weighted by atomic mass is 10.1. The van der Waals surface area contributed by atoms with Crippen LogP contribution in [0.1, 0.15) is 24.6 Å². The normalized spacial score (nSPS) is 20.8. The Morgan fingerprint density at radius 1 is 1.29 bits per heavy atom. The van der Waals surface area contributed by atoms with Gasteiger partial charge >= 0.3 is 0 Å². The molecule has 0 aliphatic carbocycles. The summed E-state index contributed by atoms with van der Waals surface area (Å²) in [6, 6.07) is 9.81. The Morgan fingerprint density at radius 3 is 2.88 bits per heavy atom. The second-order valence-electron chi connectivity index (χ2n) is 6.19. The van der Waals surface area contributed by atoms with Crippen LogP contribution in [0.2, 0.25) is 0 Å². The van der Waals surface area contributed by atoms with Crippen LogP contribution in [0.5, 0.6) is 5.75 Å². The Kier molecular flexibility index (Phi) is 4.17. The van der Waals surface area contributed by atoms with E-state index >= 15 is 0 Å². The maximum absolute atomic E-state index is 12.2. The average molecular weight is 328 g/mol. The summed E-state index contributed by atoms with van der Waals surface area (Å²) in [4.78, 5) is 14.0. The number of amides is 1. The van der Waals surface area contributed by atoms with Gasteiger partial charge in [0.2, 0.25) is 0 Å². The largest absolute Gasteiger partial charge is 0.487 e. The molecule has 1 atom stereocenters. The van der Waals surface area contributed by atoms with Crippen molar-refractivity contribution in [3.05, 3.63) is 42.2 Å². The Morgan fingerprint density at radius 2 is 2.12 bits per heavy atom. The summed E-state index contributed by atoms with van der Waals surface area (Å²) in [6.07, 6.45) is 3.46. The molecule has 0 unspecified atom stereocenters. The van der Waals surface area contributed by atoms with E-state index in [2.05, 4.69) is 10.3 Å². The zero-order chi connectivity index (χ0) is 16.4. The SMILES string of the molecule is O=C([C@@H]1CCCO1)N1CC(n2cc(COc3ccccc3)nn2)C1. The molecule has 7 heteroatoms. The first kappa shape index (κ1) is 15.1. The third-order valence-electron chi connectivity index (χ3n) is 4.44. The van der Waals surface area contributed by atoms with Crippen molar-refractivity contribution in [2.45, 2.75) is 31.6 Å². The minimum atomic E-state index is -0.239. The number of aromatic nitrogens is 3. The smallest absolute Gasteiger partial charge is 0.251 e. The predicted molar refractivity (Wildman–Crippen MR) is 85.4 cm³/mol. The first-order valence-electron chi connectivity index (χ1n) is 8.28. The second-order valence-corrected chi connectivity index (χ2v) is 6.19. The summed E-state index contributed by atoms with van der Waals surface area (Å²) in [7, 11) is 0. The molecule has 4 rings (SSSR count). The molecule has 1 aromatic carbocycles. The second kappa shape index (κ2) is 6.60. The topological polar surface area (TPSA) is 69.5 Å². The minimum absolute atomic E-state index is 0.108. The van der Waals surface area contributed by atoms with Gasteiger partial charge in [-0.1, -0.05) is 23.4 Å². The molecule has 2 aliphatic rings. The van der Waals surface area contributed by atoms with Crippen molar-refractivity contribution in [2.75, 3.05) is 19.7 Å². The maximum Gasteiger partial charge on any atom is 0.251 e. The molecule has 126 valence electrons. The fourth-order valence-electron chi connectivity index (χ4n) is 3.01. The van der Waals surface area contributed by atoms with E-state index in [1.54, 1.807) is 0 Å². The van der Waals surface area contributed by atoms with Gasteiger partial charge in [0.1, 0.15) is 24.2 Å². The van der Waals surface area contributed by atoms with Crippen LogP contribution in [-0.2, 0) is 16.1 Å². The summed E-state index contributed by atoms with van der Waals surface area (Å²) < 4.78 is 12.9. The zero-order valence-electron chi connectivity index (χ0n) is 13.4. The van der Waals surface area contributed by atoms with Gasteiger partial charge in [0.05, 0.1) is 12.2 Å². The van der Waals surface area contributed by atoms with Crippen LogP contribution in [0, 0.1) is 0 Å². The standard InChI is InChI=1S/C17H20N4O3/c22-17(16-7-4-8-23-16)20-10-14(11-20)21-9-13(18-19-21)12-24-15-5-2-1-3-6-15/h1-3,5-6,9,14,16H,4,7-8,10-12H2/t16-/m0/s1. The van der Waals surface area contributed by atoms with Crippen molar-refractivity contribution in [1.82, 2.24) is 19.9 Å². The molecular weight excluding hydrogens is 308 g/mol. The fraction of sp³-hybridized carbons (Fsp3) is 0.471. The molecule has 7 nitrogen and oxygen atoms in total. The van der Waals surface area contributed by atoms with Gasteiger partial charge in [0.15, 0.2) is 0 Å². The van der Waals surface area contributed by atoms with Gasteiger partial charge in [-0.05, 0) is 25.0 Å². The minimum Gasteiger partial charge on any atom is -0.487 e. The molecule has 2 fully saturated rings. The molecule has 1 aromatic heterocycles. The van der Waals surface area contributed by atoms with E-state index in [1.165, 1.54) is 0 Å². The molecule has 0 spiro atoms. The van der Waals surface area contributed by atoms with Crippen LogP contribution in [0.25, 0.3) is 0 Å². The summed E-state index contributed by atoms with van der Waals surface area (Å²) in [6.45, 7) is 2.42. The number of ether oxygens (including phenoxy) is 2. The number of carbonyl (C=O) groups excluding carboxylic acids is 1. The van der Waals surface area contributed by atoms with Crippen LogP contribution in [0.3, 0.4) is 0 Å². The highest BCUT2D eigenvalue weighted by Gasteiger charge is 2.37. The van der Waals surface area contributed by atoms with Crippen LogP contribution < -0.4 is 4.74 Å². The van der Waals surface area contributed by atoms with E-state index < -0.39 is 0 Å². The number of hydrogen-bond donors (Lipinski definition) is 0. The first-order chi connectivity index (χ1) is 11.8. The molecule has 2 aromatic rings. The van der Waals surface area contributed by atoms with Gasteiger partial charge < -0.3 is 14.4 Å². The number of rotatable bonds is 5. The molecule has 0 bridgehead atoms. The Bertz CT molecular complexity index is 691. The Labute approximate surface area is 140 Å². The average Bonchev–Trinajstić information content (AvgIpc) is 3.24. The third kappa shape index (κ3) is 3.12. The first-order valence-corrected chi connectivity index (χ1v) is 8.28. The molecule has 0 N–H and O–H groups in total. The lowest BCUT2D eigenvalue weighted by Gasteiger charge is -2.39. The van der Waals surface area contributed by atoms with Crippen LogP contribution in [-0.4, -0.2) is 51.6 Å². The molecule has 1 amide bonds. The van der Waals surface area contributed by atoms with Crippen molar-refractivity contribution >= 4 is 5.91 Å². The zero-order valence-corrected chi connectivity index (χ0v) is 13.4. The lowest BCUT2D eigenvalue weighted by molar-refractivity contribution is -0.147. The Balaban J connectivity index is 1.28. The van der Waals surface area contributed by atoms with Crippen LogP contribution in [0.15, 0.2) is 36.5 Å². The van der Waals surface area contributed by atoms with Gasteiger partial charge in [-0.25, -0.2) is 4.68 Å². The maximum atomic E-state index is 12.2. The molecular formula is C17H20N4O3. The van der Waals surface area contributed by atoms with Gasteiger partial charge in [0, 0.05) is 19.7 Å². The van der Waals surface area contributed by atoms with E-state index in [0.717, 1.165) is 24.3 Å². The molecule has 2 aliphatic heterocycles. The Hall–Kier alpha value is -2.41. The van der Waals surface area contributed by atoms with E-state index in [4.69, 9.17) is 9.47 Å². The number of carbonyl (C=O) groups is 1. The monoisotopic (exact) mass is 328 g/mol. The number of benzene rings is 1. The van der Waals surface area contributed by atoms with Crippen molar-refractivity contribution < 1.29 is 14.3 Å². The number of para-hydroxylation sites is 1. The fourth-order valence-corrected chi connectivity index (χ4v) is 3.01. The van der Waals surface area contributed by atoms with Crippen molar-refractivity contribution in [3.63, 3.8) is 0 Å². The van der Waals surface area contributed by atoms with Crippen molar-refractivity contribution in [3.8, 4) is 5.75 Å².